The summed E-state index contributed by atoms with van der Waals surface area (Å²) >= 11 is 0. The molecule has 7 nitrogen and oxygen atoms in total. The molecule has 0 aliphatic rings. The predicted molar refractivity (Wildman–Crippen MR) is 82.7 cm³/mol. The lowest BCUT2D eigenvalue weighted by atomic mass is 10.2. The second-order valence-electron chi connectivity index (χ2n) is 4.95. The fourth-order valence-corrected chi connectivity index (χ4v) is 3.21. The van der Waals surface area contributed by atoms with E-state index in [0.717, 1.165) is 5.56 Å². The van der Waals surface area contributed by atoms with Crippen LogP contribution in [0.3, 0.4) is 0 Å². The van der Waals surface area contributed by atoms with Crippen LogP contribution in [0.4, 0.5) is 0 Å². The van der Waals surface area contributed by atoms with E-state index in [9.17, 15) is 19.0 Å². The first-order valence-electron chi connectivity index (χ1n) is 6.93. The molecule has 0 spiro atoms. The molecule has 1 aromatic rings. The van der Waals surface area contributed by atoms with Gasteiger partial charge in [-0.05, 0) is 18.9 Å². The van der Waals surface area contributed by atoms with Gasteiger partial charge < -0.3 is 15.3 Å². The van der Waals surface area contributed by atoms with Gasteiger partial charge in [0.25, 0.3) is 7.52 Å². The zero-order valence-corrected chi connectivity index (χ0v) is 13.3. The second-order valence-corrected chi connectivity index (χ2v) is 7.05. The Labute approximate surface area is 129 Å². The fourth-order valence-electron chi connectivity index (χ4n) is 1.80. The molecule has 1 aromatic carbocycles. The SMILES string of the molecule is C[C@H](NP(=O)(O)CCc1ccccc1)C(=O)NCCC(=O)O. The van der Waals surface area contributed by atoms with Crippen LogP contribution in [-0.4, -0.2) is 40.6 Å². The maximum absolute atomic E-state index is 12.1. The van der Waals surface area contributed by atoms with Crippen LogP contribution in [0.1, 0.15) is 18.9 Å². The molecule has 8 heteroatoms. The highest BCUT2D eigenvalue weighted by Gasteiger charge is 2.24. The smallest absolute Gasteiger partial charge is 0.305 e. The first kappa shape index (κ1) is 18.4. The number of rotatable bonds is 9. The van der Waals surface area contributed by atoms with Crippen LogP contribution in [0.15, 0.2) is 30.3 Å². The fraction of sp³-hybridized carbons (Fsp3) is 0.429. The van der Waals surface area contributed by atoms with Crippen LogP contribution in [0, 0.1) is 0 Å². The number of aryl methyl sites for hydroxylation is 1. The molecule has 0 aromatic heterocycles. The zero-order valence-electron chi connectivity index (χ0n) is 12.4. The Hall–Kier alpha value is -1.69. The molecule has 2 atom stereocenters. The number of hydrogen-bond donors (Lipinski definition) is 4. The highest BCUT2D eigenvalue weighted by molar-refractivity contribution is 7.55. The number of carbonyl (C=O) groups excluding carboxylic acids is 1. The molecule has 1 amide bonds. The molecule has 1 unspecified atom stereocenters. The van der Waals surface area contributed by atoms with Crippen molar-refractivity contribution in [3.8, 4) is 0 Å². The van der Waals surface area contributed by atoms with E-state index in [-0.39, 0.29) is 19.1 Å². The van der Waals surface area contributed by atoms with Crippen molar-refractivity contribution in [1.29, 1.82) is 0 Å². The maximum Gasteiger partial charge on any atom is 0.305 e. The van der Waals surface area contributed by atoms with Crippen LogP contribution in [0.5, 0.6) is 0 Å². The van der Waals surface area contributed by atoms with E-state index in [2.05, 4.69) is 10.4 Å². The molecule has 0 radical (unpaired) electrons. The van der Waals surface area contributed by atoms with Crippen LogP contribution < -0.4 is 10.4 Å². The number of hydrogen-bond acceptors (Lipinski definition) is 3. The number of carboxylic acid groups (broad SMARTS) is 1. The summed E-state index contributed by atoms with van der Waals surface area (Å²) in [6, 6.07) is 8.42. The van der Waals surface area contributed by atoms with E-state index in [1.54, 1.807) is 0 Å². The van der Waals surface area contributed by atoms with Crippen molar-refractivity contribution < 1.29 is 24.2 Å². The van der Waals surface area contributed by atoms with Gasteiger partial charge in [-0.2, -0.15) is 0 Å². The number of aliphatic carboxylic acids is 1. The van der Waals surface area contributed by atoms with Gasteiger partial charge in [0.15, 0.2) is 0 Å². The van der Waals surface area contributed by atoms with E-state index in [1.165, 1.54) is 6.92 Å². The van der Waals surface area contributed by atoms with Gasteiger partial charge in [0.1, 0.15) is 0 Å². The van der Waals surface area contributed by atoms with Crippen molar-refractivity contribution in [3.63, 3.8) is 0 Å². The van der Waals surface area contributed by atoms with Gasteiger partial charge in [-0.15, -0.1) is 0 Å². The van der Waals surface area contributed by atoms with Crippen molar-refractivity contribution >= 4 is 19.4 Å². The minimum absolute atomic E-state index is 0.0140. The maximum atomic E-state index is 12.1. The Balaban J connectivity index is 2.40. The molecule has 0 bridgehead atoms. The Morgan fingerprint density at radius 2 is 1.91 bits per heavy atom. The molecule has 1 rings (SSSR count). The molecule has 4 N–H and O–H groups in total. The van der Waals surface area contributed by atoms with Gasteiger partial charge in [-0.3, -0.25) is 14.2 Å². The Kier molecular flexibility index (Phi) is 7.24. The third-order valence-corrected chi connectivity index (χ3v) is 4.59. The zero-order chi connectivity index (χ0) is 16.6. The van der Waals surface area contributed by atoms with E-state index in [0.29, 0.717) is 6.42 Å². The number of carbonyl (C=O) groups is 2. The largest absolute Gasteiger partial charge is 0.481 e. The van der Waals surface area contributed by atoms with Gasteiger partial charge in [-0.25, -0.2) is 5.09 Å². The monoisotopic (exact) mass is 328 g/mol. The van der Waals surface area contributed by atoms with Crippen molar-refractivity contribution in [1.82, 2.24) is 10.4 Å². The van der Waals surface area contributed by atoms with Gasteiger partial charge in [0.05, 0.1) is 12.5 Å². The van der Waals surface area contributed by atoms with Crippen LogP contribution in [0.25, 0.3) is 0 Å². The first-order valence-corrected chi connectivity index (χ1v) is 8.78. The van der Waals surface area contributed by atoms with Crippen molar-refractivity contribution in [2.75, 3.05) is 12.7 Å². The topological polar surface area (TPSA) is 116 Å². The summed E-state index contributed by atoms with van der Waals surface area (Å²) in [7, 11) is -3.65. The normalized spacial score (nSPS) is 14.8. The van der Waals surface area contributed by atoms with E-state index < -0.39 is 25.4 Å². The highest BCUT2D eigenvalue weighted by atomic mass is 31.2. The average Bonchev–Trinajstić information content (AvgIpc) is 2.45. The molecule has 0 heterocycles. The lowest BCUT2D eigenvalue weighted by Gasteiger charge is -2.18. The van der Waals surface area contributed by atoms with Crippen molar-refractivity contribution in [3.05, 3.63) is 35.9 Å². The summed E-state index contributed by atoms with van der Waals surface area (Å²) in [5, 5.41) is 13.3. The predicted octanol–water partition coefficient (Wildman–Crippen LogP) is 0.984. The summed E-state index contributed by atoms with van der Waals surface area (Å²) in [6.45, 7) is 1.45. The highest BCUT2D eigenvalue weighted by Crippen LogP contribution is 2.36. The molecule has 0 aliphatic carbocycles. The number of nitrogens with one attached hydrogen (secondary N) is 2. The Morgan fingerprint density at radius 1 is 1.27 bits per heavy atom. The Bertz CT molecular complexity index is 549. The van der Waals surface area contributed by atoms with E-state index in [4.69, 9.17) is 5.11 Å². The lowest BCUT2D eigenvalue weighted by molar-refractivity contribution is -0.137. The molecule has 122 valence electrons. The van der Waals surface area contributed by atoms with Crippen LogP contribution >= 0.6 is 7.52 Å². The molecule has 0 saturated carbocycles. The standard InChI is InChI=1S/C14H21N2O5P/c1-11(14(19)15-9-7-13(17)18)16-22(20,21)10-8-12-5-3-2-4-6-12/h2-6,11H,7-10H2,1H3,(H,15,19)(H,17,18)(H2,16,20,21)/t11-/m0/s1. The molecular weight excluding hydrogens is 307 g/mol. The molecule has 0 aliphatic heterocycles. The molecular formula is C14H21N2O5P. The van der Waals surface area contributed by atoms with E-state index >= 15 is 0 Å². The summed E-state index contributed by atoms with van der Waals surface area (Å²) < 4.78 is 12.1. The van der Waals surface area contributed by atoms with Crippen LogP contribution in [0.2, 0.25) is 0 Å². The minimum atomic E-state index is -3.65. The molecule has 22 heavy (non-hydrogen) atoms. The number of carboxylic acids is 1. The summed E-state index contributed by atoms with van der Waals surface area (Å²) in [4.78, 5) is 31.9. The lowest BCUT2D eigenvalue weighted by Crippen LogP contribution is -2.41. The van der Waals surface area contributed by atoms with Crippen molar-refractivity contribution in [2.45, 2.75) is 25.8 Å². The summed E-state index contributed by atoms with van der Waals surface area (Å²) in [6.07, 6.45) is 0.252. The number of benzene rings is 1. The Morgan fingerprint density at radius 3 is 2.50 bits per heavy atom. The first-order chi connectivity index (χ1) is 10.3. The summed E-state index contributed by atoms with van der Waals surface area (Å²) in [5.41, 5.74) is 0.942. The van der Waals surface area contributed by atoms with Gasteiger partial charge in [0, 0.05) is 12.7 Å². The van der Waals surface area contributed by atoms with Crippen LogP contribution in [-0.2, 0) is 20.6 Å². The van der Waals surface area contributed by atoms with Gasteiger partial charge in [-0.1, -0.05) is 30.3 Å². The summed E-state index contributed by atoms with van der Waals surface area (Å²) in [5.74, 6) is -1.52. The van der Waals surface area contributed by atoms with Crippen molar-refractivity contribution in [2.24, 2.45) is 0 Å². The third-order valence-electron chi connectivity index (χ3n) is 2.97. The van der Waals surface area contributed by atoms with E-state index in [1.807, 2.05) is 30.3 Å². The average molecular weight is 328 g/mol. The quantitative estimate of drug-likeness (QED) is 0.502. The van der Waals surface area contributed by atoms with Gasteiger partial charge in [0.2, 0.25) is 5.91 Å². The van der Waals surface area contributed by atoms with Gasteiger partial charge >= 0.3 is 5.97 Å². The second kappa shape index (κ2) is 8.68. The molecule has 0 saturated heterocycles. The number of amides is 1. The minimum Gasteiger partial charge on any atom is -0.481 e. The molecule has 0 fully saturated rings. The third kappa shape index (κ3) is 7.36.